The van der Waals surface area contributed by atoms with Crippen molar-refractivity contribution in [1.82, 2.24) is 20.1 Å². The van der Waals surface area contributed by atoms with E-state index in [0.717, 1.165) is 28.3 Å². The van der Waals surface area contributed by atoms with Gasteiger partial charge in [0.1, 0.15) is 17.5 Å². The van der Waals surface area contributed by atoms with Crippen molar-refractivity contribution in [1.29, 1.82) is 0 Å². The molecule has 1 N–H and O–H groups in total. The summed E-state index contributed by atoms with van der Waals surface area (Å²) in [5.41, 5.74) is 3.91. The van der Waals surface area contributed by atoms with Gasteiger partial charge in [-0.15, -0.1) is 0 Å². The van der Waals surface area contributed by atoms with Crippen LogP contribution in [0.2, 0.25) is 0 Å². The summed E-state index contributed by atoms with van der Waals surface area (Å²) >= 11 is 0. The lowest BCUT2D eigenvalue weighted by Crippen LogP contribution is -2.25. The summed E-state index contributed by atoms with van der Waals surface area (Å²) in [6.45, 7) is 0. The van der Waals surface area contributed by atoms with Gasteiger partial charge in [0.2, 0.25) is 0 Å². The molecular weight excluding hydrogens is 304 g/mol. The maximum absolute atomic E-state index is 12.5. The Kier molecular flexibility index (Phi) is 3.30. The Bertz CT molecular complexity index is 887. The van der Waals surface area contributed by atoms with Crippen molar-refractivity contribution in [3.63, 3.8) is 0 Å². The number of aromatic amines is 1. The molecule has 0 radical (unpaired) electrons. The second-order valence-corrected chi connectivity index (χ2v) is 5.66. The maximum atomic E-state index is 12.5. The molecule has 0 aliphatic carbocycles. The number of carbonyl (C=O) groups excluding carboxylic acids is 1. The normalized spacial score (nSPS) is 16.3. The molecule has 4 rings (SSSR count). The van der Waals surface area contributed by atoms with E-state index < -0.39 is 0 Å². The Balaban J connectivity index is 1.86. The molecule has 0 unspecified atom stereocenters. The molecule has 3 aromatic rings. The molecule has 2 aromatic heterocycles. The minimum atomic E-state index is -0.246. The molecule has 1 aromatic carbocycles. The van der Waals surface area contributed by atoms with Crippen LogP contribution in [0.1, 0.15) is 27.8 Å². The molecule has 0 bridgehead atoms. The average molecular weight is 320 g/mol. The Labute approximate surface area is 139 Å². The topological polar surface area (TPSA) is 71.1 Å². The highest BCUT2D eigenvalue weighted by Gasteiger charge is 2.40. The van der Waals surface area contributed by atoms with E-state index in [2.05, 4.69) is 15.2 Å². The minimum Gasteiger partial charge on any atom is -0.497 e. The van der Waals surface area contributed by atoms with Gasteiger partial charge in [0.25, 0.3) is 5.91 Å². The molecule has 1 aliphatic rings. The number of hydrogen-bond donors (Lipinski definition) is 1. The van der Waals surface area contributed by atoms with Gasteiger partial charge in [0.05, 0.1) is 18.5 Å². The first-order valence-electron chi connectivity index (χ1n) is 7.61. The molecule has 1 aliphatic heterocycles. The van der Waals surface area contributed by atoms with E-state index in [1.54, 1.807) is 25.3 Å². The summed E-state index contributed by atoms with van der Waals surface area (Å²) < 4.78 is 5.20. The van der Waals surface area contributed by atoms with Crippen molar-refractivity contribution in [3.8, 4) is 17.0 Å². The first-order valence-corrected chi connectivity index (χ1v) is 7.61. The number of nitrogens with zero attached hydrogens (tertiary/aromatic N) is 3. The summed E-state index contributed by atoms with van der Waals surface area (Å²) in [6.07, 6.45) is 1.73. The van der Waals surface area contributed by atoms with Crippen LogP contribution in [0, 0.1) is 0 Å². The molecule has 1 amide bonds. The lowest BCUT2D eigenvalue weighted by Gasteiger charge is -2.20. The third-order valence-corrected chi connectivity index (χ3v) is 4.33. The van der Waals surface area contributed by atoms with Gasteiger partial charge in [-0.2, -0.15) is 5.10 Å². The van der Waals surface area contributed by atoms with Gasteiger partial charge >= 0.3 is 0 Å². The SMILES string of the molecule is COc1ccc(-c2n[nH]c3c2[C@@H](c2ccccn2)N(C)C3=O)cc1. The van der Waals surface area contributed by atoms with Crippen LogP contribution >= 0.6 is 0 Å². The molecule has 1 atom stereocenters. The molecule has 120 valence electrons. The molecule has 3 heterocycles. The monoisotopic (exact) mass is 320 g/mol. The number of carbonyl (C=O) groups is 1. The van der Waals surface area contributed by atoms with Crippen molar-refractivity contribution in [2.75, 3.05) is 14.2 Å². The fraction of sp³-hybridized carbons (Fsp3) is 0.167. The number of nitrogens with one attached hydrogen (secondary N) is 1. The molecule has 6 nitrogen and oxygen atoms in total. The first-order chi connectivity index (χ1) is 11.7. The number of methoxy groups -OCH3 is 1. The van der Waals surface area contributed by atoms with Gasteiger partial charge in [0, 0.05) is 24.4 Å². The van der Waals surface area contributed by atoms with Gasteiger partial charge in [-0.25, -0.2) is 0 Å². The molecule has 6 heteroatoms. The Morgan fingerprint density at radius 2 is 1.96 bits per heavy atom. The molecule has 24 heavy (non-hydrogen) atoms. The van der Waals surface area contributed by atoms with Crippen LogP contribution in [0.15, 0.2) is 48.7 Å². The number of aromatic nitrogens is 3. The Hall–Kier alpha value is -3.15. The van der Waals surface area contributed by atoms with Gasteiger partial charge in [-0.3, -0.25) is 14.9 Å². The summed E-state index contributed by atoms with van der Waals surface area (Å²) in [7, 11) is 3.42. The number of fused-ring (bicyclic) bond motifs is 1. The Morgan fingerprint density at radius 1 is 1.17 bits per heavy atom. The van der Waals surface area contributed by atoms with Crippen LogP contribution in [0.4, 0.5) is 0 Å². The predicted octanol–water partition coefficient (Wildman–Crippen LogP) is 2.66. The van der Waals surface area contributed by atoms with E-state index in [0.29, 0.717) is 5.69 Å². The summed E-state index contributed by atoms with van der Waals surface area (Å²) in [4.78, 5) is 18.7. The van der Waals surface area contributed by atoms with E-state index >= 15 is 0 Å². The first kappa shape index (κ1) is 14.4. The van der Waals surface area contributed by atoms with Crippen LogP contribution in [0.25, 0.3) is 11.3 Å². The molecule has 0 saturated heterocycles. The summed E-state index contributed by atoms with van der Waals surface area (Å²) in [5, 5.41) is 7.28. The number of hydrogen-bond acceptors (Lipinski definition) is 4. The van der Waals surface area contributed by atoms with Gasteiger partial charge in [0.15, 0.2) is 0 Å². The number of ether oxygens (including phenoxy) is 1. The van der Waals surface area contributed by atoms with Crippen LogP contribution in [-0.4, -0.2) is 40.1 Å². The highest BCUT2D eigenvalue weighted by atomic mass is 16.5. The average Bonchev–Trinajstić information content (AvgIpc) is 3.16. The summed E-state index contributed by atoms with van der Waals surface area (Å²) in [6, 6.07) is 13.1. The zero-order valence-electron chi connectivity index (χ0n) is 13.4. The number of rotatable bonds is 3. The van der Waals surface area contributed by atoms with E-state index in [1.807, 2.05) is 42.5 Å². The van der Waals surface area contributed by atoms with Crippen molar-refractivity contribution < 1.29 is 9.53 Å². The largest absolute Gasteiger partial charge is 0.497 e. The molecular formula is C18H16N4O2. The highest BCUT2D eigenvalue weighted by molar-refractivity contribution is 5.99. The van der Waals surface area contributed by atoms with Crippen molar-refractivity contribution >= 4 is 5.91 Å². The van der Waals surface area contributed by atoms with E-state index in [-0.39, 0.29) is 11.9 Å². The summed E-state index contributed by atoms with van der Waals surface area (Å²) in [5.74, 6) is 0.702. The number of benzene rings is 1. The van der Waals surface area contributed by atoms with Crippen molar-refractivity contribution in [2.24, 2.45) is 0 Å². The van der Waals surface area contributed by atoms with Gasteiger partial charge in [-0.05, 0) is 36.4 Å². The van der Waals surface area contributed by atoms with E-state index in [1.165, 1.54) is 0 Å². The Morgan fingerprint density at radius 3 is 2.62 bits per heavy atom. The van der Waals surface area contributed by atoms with Gasteiger partial charge in [-0.1, -0.05) is 6.07 Å². The number of H-pyrrole nitrogens is 1. The molecule has 0 spiro atoms. The van der Waals surface area contributed by atoms with Crippen LogP contribution in [0.5, 0.6) is 5.75 Å². The number of pyridine rings is 1. The van der Waals surface area contributed by atoms with Crippen molar-refractivity contribution in [3.05, 3.63) is 65.6 Å². The third-order valence-electron chi connectivity index (χ3n) is 4.33. The lowest BCUT2D eigenvalue weighted by atomic mass is 9.99. The highest BCUT2D eigenvalue weighted by Crippen LogP contribution is 2.41. The molecule has 0 fully saturated rings. The van der Waals surface area contributed by atoms with Crippen LogP contribution < -0.4 is 4.74 Å². The molecule has 0 saturated carbocycles. The quantitative estimate of drug-likeness (QED) is 0.805. The lowest BCUT2D eigenvalue weighted by molar-refractivity contribution is 0.0786. The van der Waals surface area contributed by atoms with Gasteiger partial charge < -0.3 is 9.64 Å². The van der Waals surface area contributed by atoms with E-state index in [4.69, 9.17) is 4.74 Å². The maximum Gasteiger partial charge on any atom is 0.272 e. The zero-order valence-corrected chi connectivity index (χ0v) is 13.4. The van der Waals surface area contributed by atoms with Crippen molar-refractivity contribution in [2.45, 2.75) is 6.04 Å². The minimum absolute atomic E-state index is 0.0760. The number of amides is 1. The fourth-order valence-corrected chi connectivity index (χ4v) is 3.12. The van der Waals surface area contributed by atoms with Crippen LogP contribution in [0.3, 0.4) is 0 Å². The predicted molar refractivity (Wildman–Crippen MR) is 88.7 cm³/mol. The van der Waals surface area contributed by atoms with E-state index in [9.17, 15) is 4.79 Å². The second-order valence-electron chi connectivity index (χ2n) is 5.66. The van der Waals surface area contributed by atoms with Crippen LogP contribution in [-0.2, 0) is 0 Å². The third kappa shape index (κ3) is 2.07. The zero-order chi connectivity index (χ0) is 16.7. The second kappa shape index (κ2) is 5.49. The smallest absolute Gasteiger partial charge is 0.272 e. The fourth-order valence-electron chi connectivity index (χ4n) is 3.12. The standard InChI is InChI=1S/C18H16N4O2/c1-22-17(13-5-3-4-10-19-13)14-15(20-21-16(14)18(22)23)11-6-8-12(24-2)9-7-11/h3-10,17H,1-2H3,(H,20,21)/t17-/m1/s1.